The Kier molecular flexibility index (Phi) is 4.32. The van der Waals surface area contributed by atoms with Gasteiger partial charge in [-0.3, -0.25) is 9.78 Å². The molecule has 1 aliphatic rings. The van der Waals surface area contributed by atoms with E-state index in [1.807, 2.05) is 0 Å². The first kappa shape index (κ1) is 14.5. The summed E-state index contributed by atoms with van der Waals surface area (Å²) in [6, 6.07) is 8.20. The molecule has 0 saturated carbocycles. The van der Waals surface area contributed by atoms with E-state index in [9.17, 15) is 9.90 Å². The van der Waals surface area contributed by atoms with E-state index in [0.29, 0.717) is 24.5 Å². The number of pyridine rings is 1. The van der Waals surface area contributed by atoms with Crippen LogP contribution in [-0.2, 0) is 9.47 Å². The van der Waals surface area contributed by atoms with Gasteiger partial charge in [-0.1, -0.05) is 6.07 Å². The number of aromatic hydroxyl groups is 1. The van der Waals surface area contributed by atoms with Gasteiger partial charge in [0.05, 0.1) is 24.5 Å². The van der Waals surface area contributed by atoms with Gasteiger partial charge in [0, 0.05) is 18.0 Å². The Balaban J connectivity index is 1.79. The summed E-state index contributed by atoms with van der Waals surface area (Å²) in [5.41, 5.74) is 1.47. The highest BCUT2D eigenvalue weighted by Gasteiger charge is 2.18. The molecule has 0 spiro atoms. The van der Waals surface area contributed by atoms with E-state index < -0.39 is 6.29 Å². The van der Waals surface area contributed by atoms with E-state index in [-0.39, 0.29) is 11.7 Å². The number of amides is 1. The minimum absolute atomic E-state index is 0.0169. The minimum Gasteiger partial charge on any atom is -0.506 e. The largest absolute Gasteiger partial charge is 0.506 e. The summed E-state index contributed by atoms with van der Waals surface area (Å²) in [6.07, 6.45) is 3.44. The smallest absolute Gasteiger partial charge is 0.257 e. The molecule has 0 radical (unpaired) electrons. The zero-order chi connectivity index (χ0) is 15.4. The van der Waals surface area contributed by atoms with Crippen molar-refractivity contribution >= 4 is 11.6 Å². The van der Waals surface area contributed by atoms with Crippen LogP contribution in [-0.4, -0.2) is 29.2 Å². The lowest BCUT2D eigenvalue weighted by Gasteiger charge is -2.24. The van der Waals surface area contributed by atoms with Crippen LogP contribution in [0.25, 0.3) is 0 Å². The molecule has 6 heteroatoms. The number of benzene rings is 1. The Morgan fingerprint density at radius 3 is 2.82 bits per heavy atom. The fourth-order valence-electron chi connectivity index (χ4n) is 2.17. The van der Waals surface area contributed by atoms with Crippen LogP contribution in [0.1, 0.15) is 28.6 Å². The molecule has 1 amide bonds. The first-order valence-corrected chi connectivity index (χ1v) is 7.01. The predicted molar refractivity (Wildman–Crippen MR) is 79.6 cm³/mol. The Morgan fingerprint density at radius 1 is 1.27 bits per heavy atom. The molecule has 0 unspecified atom stereocenters. The van der Waals surface area contributed by atoms with Gasteiger partial charge in [-0.2, -0.15) is 0 Å². The van der Waals surface area contributed by atoms with Gasteiger partial charge >= 0.3 is 0 Å². The summed E-state index contributed by atoms with van der Waals surface area (Å²) < 4.78 is 11.0. The lowest BCUT2D eigenvalue weighted by molar-refractivity contribution is -0.183. The van der Waals surface area contributed by atoms with Crippen molar-refractivity contribution in [1.29, 1.82) is 0 Å². The molecular formula is C16H16N2O4. The molecule has 0 aliphatic carbocycles. The first-order chi connectivity index (χ1) is 10.7. The highest BCUT2D eigenvalue weighted by atomic mass is 16.7. The van der Waals surface area contributed by atoms with E-state index in [1.165, 1.54) is 12.3 Å². The quantitative estimate of drug-likeness (QED) is 0.851. The molecule has 1 fully saturated rings. The monoisotopic (exact) mass is 300 g/mol. The summed E-state index contributed by atoms with van der Waals surface area (Å²) in [7, 11) is 0. The zero-order valence-corrected chi connectivity index (χ0v) is 11.9. The van der Waals surface area contributed by atoms with Crippen LogP contribution >= 0.6 is 0 Å². The Hall–Kier alpha value is -2.44. The molecule has 0 atom stereocenters. The number of phenols is 1. The maximum absolute atomic E-state index is 12.1. The molecule has 0 bridgehead atoms. The molecule has 22 heavy (non-hydrogen) atoms. The van der Waals surface area contributed by atoms with Crippen LogP contribution in [0.2, 0.25) is 0 Å². The van der Waals surface area contributed by atoms with Gasteiger partial charge < -0.3 is 19.9 Å². The van der Waals surface area contributed by atoms with E-state index >= 15 is 0 Å². The summed E-state index contributed by atoms with van der Waals surface area (Å²) in [6.45, 7) is 1.26. The Labute approximate surface area is 127 Å². The van der Waals surface area contributed by atoms with Crippen LogP contribution in [0.3, 0.4) is 0 Å². The Morgan fingerprint density at radius 2 is 2.09 bits per heavy atom. The molecule has 1 aliphatic heterocycles. The molecule has 1 saturated heterocycles. The number of nitrogens with zero attached hydrogens (tertiary/aromatic N) is 1. The van der Waals surface area contributed by atoms with Gasteiger partial charge in [0.2, 0.25) is 0 Å². The van der Waals surface area contributed by atoms with Gasteiger partial charge in [-0.25, -0.2) is 0 Å². The van der Waals surface area contributed by atoms with Crippen molar-refractivity contribution in [3.63, 3.8) is 0 Å². The maximum Gasteiger partial charge on any atom is 0.257 e. The van der Waals surface area contributed by atoms with Gasteiger partial charge in [0.15, 0.2) is 6.29 Å². The van der Waals surface area contributed by atoms with Crippen LogP contribution < -0.4 is 5.32 Å². The third-order valence-electron chi connectivity index (χ3n) is 3.29. The summed E-state index contributed by atoms with van der Waals surface area (Å²) in [5, 5.41) is 12.6. The van der Waals surface area contributed by atoms with E-state index in [2.05, 4.69) is 10.3 Å². The van der Waals surface area contributed by atoms with Crippen molar-refractivity contribution in [2.24, 2.45) is 0 Å². The van der Waals surface area contributed by atoms with E-state index in [4.69, 9.17) is 9.47 Å². The van der Waals surface area contributed by atoms with Crippen molar-refractivity contribution in [3.8, 4) is 5.75 Å². The molecule has 2 aromatic rings. The first-order valence-electron chi connectivity index (χ1n) is 7.01. The number of carbonyl (C=O) groups excluding carboxylic acids is 1. The lowest BCUT2D eigenvalue weighted by Crippen LogP contribution is -2.18. The average molecular weight is 300 g/mol. The lowest BCUT2D eigenvalue weighted by atomic mass is 10.1. The number of hydrogen-bond acceptors (Lipinski definition) is 5. The number of ether oxygens (including phenoxy) is 2. The SMILES string of the molecule is O=C(Nc1cc(C2OCCCO2)ccc1O)c1cccnc1. The summed E-state index contributed by atoms with van der Waals surface area (Å²) in [5.74, 6) is -0.358. The van der Waals surface area contributed by atoms with Crippen LogP contribution in [0, 0.1) is 0 Å². The van der Waals surface area contributed by atoms with Crippen molar-refractivity contribution in [2.45, 2.75) is 12.7 Å². The molecule has 2 N–H and O–H groups in total. The highest BCUT2D eigenvalue weighted by Crippen LogP contribution is 2.30. The molecule has 2 heterocycles. The predicted octanol–water partition coefficient (Wildman–Crippen LogP) is 2.48. The van der Waals surface area contributed by atoms with Gasteiger partial charge in [-0.05, 0) is 30.7 Å². The second-order valence-corrected chi connectivity index (χ2v) is 4.90. The van der Waals surface area contributed by atoms with Crippen molar-refractivity contribution < 1.29 is 19.4 Å². The molecule has 6 nitrogen and oxygen atoms in total. The third-order valence-corrected chi connectivity index (χ3v) is 3.29. The number of phenolic OH excluding ortho intramolecular Hbond substituents is 1. The average Bonchev–Trinajstić information content (AvgIpc) is 2.58. The summed E-state index contributed by atoms with van der Waals surface area (Å²) >= 11 is 0. The molecule has 3 rings (SSSR count). The van der Waals surface area contributed by atoms with Gasteiger partial charge in [0.25, 0.3) is 5.91 Å². The van der Waals surface area contributed by atoms with Crippen molar-refractivity contribution in [1.82, 2.24) is 4.98 Å². The number of hydrogen-bond donors (Lipinski definition) is 2. The van der Waals surface area contributed by atoms with E-state index in [0.717, 1.165) is 12.0 Å². The molecule has 1 aromatic heterocycles. The van der Waals surface area contributed by atoms with Gasteiger partial charge in [-0.15, -0.1) is 0 Å². The van der Waals surface area contributed by atoms with Crippen LogP contribution in [0.15, 0.2) is 42.7 Å². The number of anilines is 1. The third kappa shape index (κ3) is 3.24. The fourth-order valence-corrected chi connectivity index (χ4v) is 2.17. The van der Waals surface area contributed by atoms with Crippen molar-refractivity contribution in [2.75, 3.05) is 18.5 Å². The normalized spacial score (nSPS) is 15.5. The van der Waals surface area contributed by atoms with Gasteiger partial charge in [0.1, 0.15) is 5.75 Å². The number of nitrogens with one attached hydrogen (secondary N) is 1. The molecular weight excluding hydrogens is 284 g/mol. The highest BCUT2D eigenvalue weighted by molar-refractivity contribution is 6.04. The number of rotatable bonds is 3. The Bertz CT molecular complexity index is 654. The minimum atomic E-state index is -0.469. The van der Waals surface area contributed by atoms with E-state index in [1.54, 1.807) is 30.5 Å². The number of aromatic nitrogens is 1. The zero-order valence-electron chi connectivity index (χ0n) is 11.9. The molecule has 1 aromatic carbocycles. The van der Waals surface area contributed by atoms with Crippen molar-refractivity contribution in [3.05, 3.63) is 53.9 Å². The standard InChI is InChI=1S/C16H16N2O4/c19-14-5-4-11(16-21-7-2-8-22-16)9-13(14)18-15(20)12-3-1-6-17-10-12/h1,3-6,9-10,16,19H,2,7-8H2,(H,18,20). The second kappa shape index (κ2) is 6.55. The maximum atomic E-state index is 12.1. The number of carbonyl (C=O) groups is 1. The topological polar surface area (TPSA) is 80.7 Å². The second-order valence-electron chi connectivity index (χ2n) is 4.90. The fraction of sp³-hybridized carbons (Fsp3) is 0.250. The summed E-state index contributed by atoms with van der Waals surface area (Å²) in [4.78, 5) is 16.0. The van der Waals surface area contributed by atoms with Crippen LogP contribution in [0.5, 0.6) is 5.75 Å². The van der Waals surface area contributed by atoms with Crippen LogP contribution in [0.4, 0.5) is 5.69 Å². The molecule has 114 valence electrons.